The number of carboxylic acid groups (broad SMARTS) is 1. The van der Waals surface area contributed by atoms with Gasteiger partial charge in [-0.3, -0.25) is 4.79 Å². The molecule has 1 aliphatic rings. The summed E-state index contributed by atoms with van der Waals surface area (Å²) >= 11 is 0. The van der Waals surface area contributed by atoms with E-state index < -0.39 is 5.97 Å². The Labute approximate surface area is 79.1 Å². The average molecular weight is 186 g/mol. The number of carboxylic acids is 1. The van der Waals surface area contributed by atoms with Gasteiger partial charge >= 0.3 is 5.97 Å². The van der Waals surface area contributed by atoms with Gasteiger partial charge in [-0.2, -0.15) is 0 Å². The number of hydrogen-bond donors (Lipinski definition) is 1. The molecule has 76 valence electrons. The summed E-state index contributed by atoms with van der Waals surface area (Å²) in [4.78, 5) is 10.2. The van der Waals surface area contributed by atoms with E-state index in [1.807, 2.05) is 0 Å². The van der Waals surface area contributed by atoms with E-state index in [4.69, 9.17) is 9.84 Å². The highest BCUT2D eigenvalue weighted by Crippen LogP contribution is 2.18. The first-order chi connectivity index (χ1) is 6.29. The van der Waals surface area contributed by atoms with E-state index in [1.165, 1.54) is 12.8 Å². The molecule has 0 bridgehead atoms. The Morgan fingerprint density at radius 1 is 1.38 bits per heavy atom. The number of hydrogen-bond acceptors (Lipinski definition) is 2. The van der Waals surface area contributed by atoms with Gasteiger partial charge < -0.3 is 9.84 Å². The molecule has 0 amide bonds. The molecule has 1 heterocycles. The van der Waals surface area contributed by atoms with Gasteiger partial charge in [-0.15, -0.1) is 0 Å². The first-order valence-electron chi connectivity index (χ1n) is 5.12. The van der Waals surface area contributed by atoms with Gasteiger partial charge in [-0.25, -0.2) is 0 Å². The van der Waals surface area contributed by atoms with E-state index in [0.717, 1.165) is 32.3 Å². The average Bonchev–Trinajstić information content (AvgIpc) is 2.55. The molecule has 1 fully saturated rings. The SMILES string of the molecule is O=C(O)CCCCCC1CCCO1. The van der Waals surface area contributed by atoms with E-state index in [0.29, 0.717) is 12.5 Å². The highest BCUT2D eigenvalue weighted by atomic mass is 16.5. The zero-order valence-electron chi connectivity index (χ0n) is 8.00. The van der Waals surface area contributed by atoms with Crippen LogP contribution in [0.5, 0.6) is 0 Å². The first-order valence-corrected chi connectivity index (χ1v) is 5.12. The smallest absolute Gasteiger partial charge is 0.303 e. The zero-order chi connectivity index (χ0) is 9.52. The zero-order valence-corrected chi connectivity index (χ0v) is 8.00. The van der Waals surface area contributed by atoms with Crippen molar-refractivity contribution in [2.24, 2.45) is 0 Å². The predicted octanol–water partition coefficient (Wildman–Crippen LogP) is 2.20. The highest BCUT2D eigenvalue weighted by Gasteiger charge is 2.14. The minimum atomic E-state index is -0.683. The molecule has 0 radical (unpaired) electrons. The van der Waals surface area contributed by atoms with Gasteiger partial charge in [0.05, 0.1) is 6.10 Å². The quantitative estimate of drug-likeness (QED) is 0.647. The molecular weight excluding hydrogens is 168 g/mol. The van der Waals surface area contributed by atoms with Crippen LogP contribution in [-0.2, 0) is 9.53 Å². The van der Waals surface area contributed by atoms with Gasteiger partial charge in [0.15, 0.2) is 0 Å². The summed E-state index contributed by atoms with van der Waals surface area (Å²) in [5.74, 6) is -0.683. The van der Waals surface area contributed by atoms with E-state index in [-0.39, 0.29) is 0 Å². The Kier molecular flexibility index (Phi) is 4.83. The van der Waals surface area contributed by atoms with Crippen LogP contribution in [0.1, 0.15) is 44.9 Å². The van der Waals surface area contributed by atoms with Crippen molar-refractivity contribution >= 4 is 5.97 Å². The Morgan fingerprint density at radius 2 is 2.23 bits per heavy atom. The van der Waals surface area contributed by atoms with Crippen molar-refractivity contribution in [3.05, 3.63) is 0 Å². The van der Waals surface area contributed by atoms with Crippen LogP contribution in [0.25, 0.3) is 0 Å². The summed E-state index contributed by atoms with van der Waals surface area (Å²) in [7, 11) is 0. The largest absolute Gasteiger partial charge is 0.481 e. The molecule has 1 aliphatic heterocycles. The van der Waals surface area contributed by atoms with Gasteiger partial charge in [0.2, 0.25) is 0 Å². The monoisotopic (exact) mass is 186 g/mol. The second kappa shape index (κ2) is 5.97. The van der Waals surface area contributed by atoms with Gasteiger partial charge in [-0.1, -0.05) is 12.8 Å². The lowest BCUT2D eigenvalue weighted by Gasteiger charge is -2.07. The van der Waals surface area contributed by atoms with Crippen LogP contribution in [0.2, 0.25) is 0 Å². The van der Waals surface area contributed by atoms with E-state index in [9.17, 15) is 4.79 Å². The number of ether oxygens (including phenoxy) is 1. The topological polar surface area (TPSA) is 46.5 Å². The molecule has 3 nitrogen and oxygen atoms in total. The summed E-state index contributed by atoms with van der Waals surface area (Å²) in [5, 5.41) is 8.40. The molecule has 1 N–H and O–H groups in total. The summed E-state index contributed by atoms with van der Waals surface area (Å²) in [6.07, 6.45) is 7.21. The minimum absolute atomic E-state index is 0.311. The third-order valence-corrected chi connectivity index (χ3v) is 2.44. The third kappa shape index (κ3) is 4.88. The molecule has 13 heavy (non-hydrogen) atoms. The molecule has 0 aromatic heterocycles. The Bertz CT molecular complexity index is 150. The molecular formula is C10H18O3. The maximum Gasteiger partial charge on any atom is 0.303 e. The maximum atomic E-state index is 10.2. The standard InChI is InChI=1S/C10H18O3/c11-10(12)7-3-1-2-5-9-6-4-8-13-9/h9H,1-8H2,(H,11,12). The van der Waals surface area contributed by atoms with Crippen LogP contribution in [0.3, 0.4) is 0 Å². The number of unbranched alkanes of at least 4 members (excludes halogenated alkanes) is 2. The molecule has 1 unspecified atom stereocenters. The molecule has 0 aromatic carbocycles. The van der Waals surface area contributed by atoms with Crippen molar-refractivity contribution in [1.82, 2.24) is 0 Å². The normalized spacial score (nSPS) is 22.0. The lowest BCUT2D eigenvalue weighted by Crippen LogP contribution is -2.04. The lowest BCUT2D eigenvalue weighted by atomic mass is 10.1. The Morgan fingerprint density at radius 3 is 2.85 bits per heavy atom. The van der Waals surface area contributed by atoms with Crippen molar-refractivity contribution in [1.29, 1.82) is 0 Å². The number of carbonyl (C=O) groups is 1. The Balaban J connectivity index is 1.86. The summed E-state index contributed by atoms with van der Waals surface area (Å²) in [6, 6.07) is 0. The van der Waals surface area contributed by atoms with Crippen LogP contribution >= 0.6 is 0 Å². The van der Waals surface area contributed by atoms with E-state index in [1.54, 1.807) is 0 Å². The highest BCUT2D eigenvalue weighted by molar-refractivity contribution is 5.66. The lowest BCUT2D eigenvalue weighted by molar-refractivity contribution is -0.137. The van der Waals surface area contributed by atoms with Crippen molar-refractivity contribution in [2.75, 3.05) is 6.61 Å². The van der Waals surface area contributed by atoms with E-state index in [2.05, 4.69) is 0 Å². The van der Waals surface area contributed by atoms with Gasteiger partial charge in [0, 0.05) is 13.0 Å². The van der Waals surface area contributed by atoms with Crippen LogP contribution in [0.4, 0.5) is 0 Å². The summed E-state index contributed by atoms with van der Waals surface area (Å²) in [5.41, 5.74) is 0. The molecule has 0 spiro atoms. The molecule has 3 heteroatoms. The molecule has 0 saturated carbocycles. The van der Waals surface area contributed by atoms with Crippen LogP contribution in [0, 0.1) is 0 Å². The molecule has 1 rings (SSSR count). The van der Waals surface area contributed by atoms with Gasteiger partial charge in [0.1, 0.15) is 0 Å². The van der Waals surface area contributed by atoms with Gasteiger partial charge in [-0.05, 0) is 25.7 Å². The number of rotatable bonds is 6. The van der Waals surface area contributed by atoms with E-state index >= 15 is 0 Å². The molecule has 0 aromatic rings. The summed E-state index contributed by atoms with van der Waals surface area (Å²) in [6.45, 7) is 0.916. The van der Waals surface area contributed by atoms with Crippen LogP contribution in [-0.4, -0.2) is 23.8 Å². The molecule has 1 saturated heterocycles. The predicted molar refractivity (Wildman–Crippen MR) is 49.7 cm³/mol. The van der Waals surface area contributed by atoms with Gasteiger partial charge in [0.25, 0.3) is 0 Å². The maximum absolute atomic E-state index is 10.2. The molecule has 0 aliphatic carbocycles. The van der Waals surface area contributed by atoms with Crippen molar-refractivity contribution in [3.63, 3.8) is 0 Å². The fourth-order valence-electron chi connectivity index (χ4n) is 1.70. The number of aliphatic carboxylic acids is 1. The molecule has 1 atom stereocenters. The first kappa shape index (κ1) is 10.5. The fraction of sp³-hybridized carbons (Fsp3) is 0.900. The van der Waals surface area contributed by atoms with Crippen molar-refractivity contribution < 1.29 is 14.6 Å². The fourth-order valence-corrected chi connectivity index (χ4v) is 1.70. The van der Waals surface area contributed by atoms with Crippen molar-refractivity contribution in [2.45, 2.75) is 51.0 Å². The van der Waals surface area contributed by atoms with Crippen LogP contribution < -0.4 is 0 Å². The van der Waals surface area contributed by atoms with Crippen molar-refractivity contribution in [3.8, 4) is 0 Å². The van der Waals surface area contributed by atoms with Crippen LogP contribution in [0.15, 0.2) is 0 Å². The second-order valence-electron chi connectivity index (χ2n) is 3.63. The Hall–Kier alpha value is -0.570. The third-order valence-electron chi connectivity index (χ3n) is 2.44. The minimum Gasteiger partial charge on any atom is -0.481 e. The summed E-state index contributed by atoms with van der Waals surface area (Å²) < 4.78 is 5.46. The second-order valence-corrected chi connectivity index (χ2v) is 3.63.